The van der Waals surface area contributed by atoms with Crippen LogP contribution in [0.3, 0.4) is 0 Å². The van der Waals surface area contributed by atoms with E-state index in [1.807, 2.05) is 61.5 Å². The van der Waals surface area contributed by atoms with Crippen molar-refractivity contribution in [2.24, 2.45) is 4.99 Å². The smallest absolute Gasteiger partial charge is 0.338 e. The highest BCUT2D eigenvalue weighted by molar-refractivity contribution is 7.07. The molecule has 5 rings (SSSR count). The van der Waals surface area contributed by atoms with E-state index in [2.05, 4.69) is 0 Å². The fraction of sp³-hybridized carbons (Fsp3) is 0.167. The van der Waals surface area contributed by atoms with Crippen molar-refractivity contribution in [1.82, 2.24) is 4.57 Å². The van der Waals surface area contributed by atoms with E-state index in [9.17, 15) is 14.0 Å². The summed E-state index contributed by atoms with van der Waals surface area (Å²) in [7, 11) is 0. The van der Waals surface area contributed by atoms with Crippen molar-refractivity contribution < 1.29 is 18.7 Å². The normalized spacial score (nSPS) is 15.1. The van der Waals surface area contributed by atoms with Gasteiger partial charge in [0, 0.05) is 5.56 Å². The first-order valence-corrected chi connectivity index (χ1v) is 13.1. The standard InChI is InChI=1S/C30H25FN2O4S/c1-3-36-23-16-10-19(11-17-23)18-24-28(34)33-27(21-12-14-22(31)15-13-21)25(29(35)37-4-2)26(32-30(33)38-24)20-8-6-5-7-9-20/h5-18,27H,3-4H2,1-2H3/b24-18-/t27-/m0/s1. The van der Waals surface area contributed by atoms with Gasteiger partial charge >= 0.3 is 5.97 Å². The number of rotatable bonds is 7. The van der Waals surface area contributed by atoms with Gasteiger partial charge in [-0.15, -0.1) is 0 Å². The Morgan fingerprint density at radius 1 is 1.00 bits per heavy atom. The first-order valence-electron chi connectivity index (χ1n) is 12.3. The average molecular weight is 529 g/mol. The van der Waals surface area contributed by atoms with Crippen molar-refractivity contribution >= 4 is 29.1 Å². The van der Waals surface area contributed by atoms with Gasteiger partial charge in [0.15, 0.2) is 4.80 Å². The average Bonchev–Trinajstić information content (AvgIpc) is 3.24. The number of halogens is 1. The van der Waals surface area contributed by atoms with E-state index < -0.39 is 17.8 Å². The maximum Gasteiger partial charge on any atom is 0.338 e. The number of hydrogen-bond acceptors (Lipinski definition) is 6. The molecule has 3 aromatic carbocycles. The molecule has 1 aliphatic rings. The highest BCUT2D eigenvalue weighted by atomic mass is 32.1. The lowest BCUT2D eigenvalue weighted by Crippen LogP contribution is -2.40. The zero-order chi connectivity index (χ0) is 26.6. The Bertz CT molecular complexity index is 1670. The number of aromatic nitrogens is 1. The lowest BCUT2D eigenvalue weighted by Gasteiger charge is -2.25. The molecule has 8 heteroatoms. The molecule has 1 aromatic heterocycles. The van der Waals surface area contributed by atoms with Crippen LogP contribution < -0.4 is 19.6 Å². The summed E-state index contributed by atoms with van der Waals surface area (Å²) >= 11 is 1.23. The van der Waals surface area contributed by atoms with Crippen molar-refractivity contribution in [1.29, 1.82) is 0 Å². The molecule has 1 aliphatic heterocycles. The van der Waals surface area contributed by atoms with Crippen molar-refractivity contribution in [2.75, 3.05) is 13.2 Å². The third-order valence-corrected chi connectivity index (χ3v) is 7.03. The first-order chi connectivity index (χ1) is 18.5. The third-order valence-electron chi connectivity index (χ3n) is 6.05. The zero-order valence-corrected chi connectivity index (χ0v) is 21.7. The molecule has 0 fully saturated rings. The molecule has 0 radical (unpaired) electrons. The van der Waals surface area contributed by atoms with Crippen molar-refractivity contribution in [2.45, 2.75) is 19.9 Å². The van der Waals surface area contributed by atoms with E-state index in [4.69, 9.17) is 14.5 Å². The summed E-state index contributed by atoms with van der Waals surface area (Å²) in [6, 6.07) is 21.7. The summed E-state index contributed by atoms with van der Waals surface area (Å²) < 4.78 is 26.8. The highest BCUT2D eigenvalue weighted by Crippen LogP contribution is 2.35. The fourth-order valence-electron chi connectivity index (χ4n) is 4.38. The van der Waals surface area contributed by atoms with E-state index in [0.717, 1.165) is 11.3 Å². The first kappa shape index (κ1) is 25.4. The van der Waals surface area contributed by atoms with Crippen LogP contribution in [-0.4, -0.2) is 23.8 Å². The maximum atomic E-state index is 13.9. The minimum atomic E-state index is -0.844. The molecule has 2 heterocycles. The van der Waals surface area contributed by atoms with Crippen molar-refractivity contribution in [3.05, 3.63) is 127 Å². The second-order valence-electron chi connectivity index (χ2n) is 8.49. The Morgan fingerprint density at radius 2 is 1.71 bits per heavy atom. The molecule has 4 aromatic rings. The molecular weight excluding hydrogens is 503 g/mol. The molecule has 0 saturated carbocycles. The number of benzene rings is 3. The Labute approximate surface area is 222 Å². The Morgan fingerprint density at radius 3 is 2.37 bits per heavy atom. The van der Waals surface area contributed by atoms with Crippen LogP contribution in [0.1, 0.15) is 36.6 Å². The molecule has 0 spiro atoms. The SMILES string of the molecule is CCOC(=O)C1=C(c2ccccc2)N=c2s/c(=C\c3ccc(OCC)cc3)c(=O)n2[C@H]1c1ccc(F)cc1. The van der Waals surface area contributed by atoms with Crippen LogP contribution in [0.5, 0.6) is 5.75 Å². The van der Waals surface area contributed by atoms with Crippen LogP contribution in [0.4, 0.5) is 4.39 Å². The third kappa shape index (κ3) is 4.95. The Kier molecular flexibility index (Phi) is 7.33. The molecular formula is C30H25FN2O4S. The number of ether oxygens (including phenoxy) is 2. The van der Waals surface area contributed by atoms with Gasteiger partial charge in [-0.05, 0) is 55.3 Å². The molecule has 0 N–H and O–H groups in total. The number of hydrogen-bond donors (Lipinski definition) is 0. The van der Waals surface area contributed by atoms with Gasteiger partial charge in [-0.1, -0.05) is 65.9 Å². The Hall–Kier alpha value is -4.30. The summed E-state index contributed by atoms with van der Waals surface area (Å²) in [5.41, 5.74) is 2.46. The van der Waals surface area contributed by atoms with Gasteiger partial charge in [0.2, 0.25) is 0 Å². The second-order valence-corrected chi connectivity index (χ2v) is 9.49. The minimum Gasteiger partial charge on any atom is -0.494 e. The molecule has 192 valence electrons. The van der Waals surface area contributed by atoms with Crippen LogP contribution in [0.15, 0.2) is 94.2 Å². The predicted molar refractivity (Wildman–Crippen MR) is 145 cm³/mol. The largest absolute Gasteiger partial charge is 0.494 e. The van der Waals surface area contributed by atoms with Gasteiger partial charge in [-0.3, -0.25) is 9.36 Å². The summed E-state index contributed by atoms with van der Waals surface area (Å²) in [6.45, 7) is 4.36. The molecule has 6 nitrogen and oxygen atoms in total. The number of nitrogens with zero attached hydrogens (tertiary/aromatic N) is 2. The lowest BCUT2D eigenvalue weighted by atomic mass is 9.93. The Balaban J connectivity index is 1.76. The topological polar surface area (TPSA) is 69.9 Å². The number of thiazole rings is 1. The van der Waals surface area contributed by atoms with E-state index in [1.54, 1.807) is 25.1 Å². The van der Waals surface area contributed by atoms with Crippen molar-refractivity contribution in [3.63, 3.8) is 0 Å². The summed E-state index contributed by atoms with van der Waals surface area (Å²) in [4.78, 5) is 32.4. The lowest BCUT2D eigenvalue weighted by molar-refractivity contribution is -0.138. The molecule has 0 unspecified atom stereocenters. The highest BCUT2D eigenvalue weighted by Gasteiger charge is 2.35. The fourth-order valence-corrected chi connectivity index (χ4v) is 5.38. The molecule has 0 aliphatic carbocycles. The summed E-state index contributed by atoms with van der Waals surface area (Å²) in [5, 5.41) is 0. The molecule has 0 saturated heterocycles. The zero-order valence-electron chi connectivity index (χ0n) is 20.9. The molecule has 1 atom stereocenters. The van der Waals surface area contributed by atoms with Gasteiger partial charge in [0.25, 0.3) is 5.56 Å². The molecule has 0 bridgehead atoms. The van der Waals surface area contributed by atoms with Gasteiger partial charge in [0.05, 0.1) is 35.1 Å². The van der Waals surface area contributed by atoms with Crippen LogP contribution >= 0.6 is 11.3 Å². The van der Waals surface area contributed by atoms with Gasteiger partial charge in [0.1, 0.15) is 11.6 Å². The van der Waals surface area contributed by atoms with Crippen LogP contribution in [0.2, 0.25) is 0 Å². The minimum absolute atomic E-state index is 0.155. The summed E-state index contributed by atoms with van der Waals surface area (Å²) in [6.07, 6.45) is 1.79. The van der Waals surface area contributed by atoms with E-state index in [0.29, 0.717) is 32.8 Å². The van der Waals surface area contributed by atoms with Crippen LogP contribution in [0, 0.1) is 5.82 Å². The number of carbonyl (C=O) groups excluding carboxylic acids is 1. The van der Waals surface area contributed by atoms with Gasteiger partial charge in [-0.2, -0.15) is 0 Å². The van der Waals surface area contributed by atoms with Crippen molar-refractivity contribution in [3.8, 4) is 5.75 Å². The monoisotopic (exact) mass is 528 g/mol. The quantitative estimate of drug-likeness (QED) is 0.332. The predicted octanol–water partition coefficient (Wildman–Crippen LogP) is 4.47. The number of fused-ring (bicyclic) bond motifs is 1. The number of carbonyl (C=O) groups is 1. The number of esters is 1. The van der Waals surface area contributed by atoms with E-state index in [1.165, 1.54) is 28.0 Å². The molecule has 0 amide bonds. The van der Waals surface area contributed by atoms with Gasteiger partial charge < -0.3 is 9.47 Å². The van der Waals surface area contributed by atoms with E-state index >= 15 is 0 Å². The summed E-state index contributed by atoms with van der Waals surface area (Å²) in [5.74, 6) is -0.249. The van der Waals surface area contributed by atoms with Crippen LogP contribution in [-0.2, 0) is 9.53 Å². The van der Waals surface area contributed by atoms with Gasteiger partial charge in [-0.25, -0.2) is 14.2 Å². The molecule has 38 heavy (non-hydrogen) atoms. The van der Waals surface area contributed by atoms with Crippen LogP contribution in [0.25, 0.3) is 11.8 Å². The maximum absolute atomic E-state index is 13.9. The second kappa shape index (κ2) is 11.0. The van der Waals surface area contributed by atoms with E-state index in [-0.39, 0.29) is 17.7 Å².